The van der Waals surface area contributed by atoms with Crippen molar-refractivity contribution in [2.24, 2.45) is 12.5 Å². The first-order valence-electron chi connectivity index (χ1n) is 14.5. The van der Waals surface area contributed by atoms with Crippen LogP contribution in [0.5, 0.6) is 0 Å². The van der Waals surface area contributed by atoms with Crippen LogP contribution in [0.4, 0.5) is 38.0 Å². The van der Waals surface area contributed by atoms with Gasteiger partial charge in [0.2, 0.25) is 0 Å². The van der Waals surface area contributed by atoms with Crippen LogP contribution < -0.4 is 9.80 Å². The van der Waals surface area contributed by atoms with Crippen LogP contribution in [0.2, 0.25) is 0 Å². The number of halogens is 6. The van der Waals surface area contributed by atoms with Gasteiger partial charge in [0.15, 0.2) is 0 Å². The number of alkyl halides is 6. The molecule has 2 aliphatic rings. The van der Waals surface area contributed by atoms with Gasteiger partial charge in [-0.3, -0.25) is 4.79 Å². The van der Waals surface area contributed by atoms with Crippen LogP contribution >= 0.6 is 0 Å². The summed E-state index contributed by atoms with van der Waals surface area (Å²) >= 11 is 0. The van der Waals surface area contributed by atoms with Crippen molar-refractivity contribution >= 4 is 17.6 Å². The smallest absolute Gasteiger partial charge is 0.416 e. The molecule has 3 aromatic rings. The minimum atomic E-state index is -4.99. The first-order chi connectivity index (χ1) is 21.0. The summed E-state index contributed by atoms with van der Waals surface area (Å²) in [6.07, 6.45) is -8.28. The minimum Gasteiger partial charge on any atom is -0.481 e. The Bertz CT molecular complexity index is 1520. The first kappa shape index (κ1) is 32.5. The fourth-order valence-electron chi connectivity index (χ4n) is 6.04. The highest BCUT2D eigenvalue weighted by Crippen LogP contribution is 2.43. The van der Waals surface area contributed by atoms with Gasteiger partial charge in [-0.1, -0.05) is 18.9 Å². The molecule has 1 N–H and O–H groups in total. The topological polar surface area (TPSA) is 96.6 Å². The van der Waals surface area contributed by atoms with E-state index in [1.165, 1.54) is 11.8 Å². The standard InChI is InChI=1S/C30H34F6N6O3/c1-28(2,14-26(43)44)6-8-41-7-4-5-24(23-11-19-16-45-17-20(19)12-25(23)41)42(27-37-39-40(3)38-27)15-18-9-21(29(31,32)33)13-22(10-18)30(34,35)36/h9-13,24H,4-8,14-17H2,1-3H3,(H,43,44)/t24-/m0/s1. The highest BCUT2D eigenvalue weighted by molar-refractivity contribution is 5.67. The van der Waals surface area contributed by atoms with E-state index in [0.717, 1.165) is 34.5 Å². The molecule has 2 aliphatic heterocycles. The number of hydrogen-bond donors (Lipinski definition) is 1. The van der Waals surface area contributed by atoms with Crippen LogP contribution in [0, 0.1) is 5.41 Å². The Kier molecular flexibility index (Phi) is 8.77. The molecule has 0 spiro atoms. The summed E-state index contributed by atoms with van der Waals surface area (Å²) in [7, 11) is 1.52. The average Bonchev–Trinajstić information content (AvgIpc) is 3.53. The lowest BCUT2D eigenvalue weighted by Crippen LogP contribution is -2.31. The third kappa shape index (κ3) is 7.51. The number of carboxylic acid groups (broad SMARTS) is 1. The van der Waals surface area contributed by atoms with Crippen molar-refractivity contribution in [3.63, 3.8) is 0 Å². The van der Waals surface area contributed by atoms with E-state index in [9.17, 15) is 36.2 Å². The van der Waals surface area contributed by atoms with Crippen LogP contribution in [0.1, 0.15) is 79.0 Å². The Morgan fingerprint density at radius 3 is 2.24 bits per heavy atom. The molecule has 0 unspecified atom stereocenters. The van der Waals surface area contributed by atoms with Crippen molar-refractivity contribution in [1.82, 2.24) is 20.2 Å². The maximum absolute atomic E-state index is 13.7. The molecule has 2 aromatic carbocycles. The van der Waals surface area contributed by atoms with E-state index in [-0.39, 0.29) is 30.5 Å². The normalized spacial score (nSPS) is 17.2. The SMILES string of the molecule is Cn1nnc(N(Cc2cc(C(F)(F)F)cc(C(F)(F)F)c2)[C@H]2CCCN(CCC(C)(C)CC(=O)O)c3cc4c(cc32)COC4)n1. The Morgan fingerprint density at radius 1 is 1.02 bits per heavy atom. The predicted molar refractivity (Wildman–Crippen MR) is 151 cm³/mol. The Balaban J connectivity index is 1.58. The number of benzene rings is 2. The van der Waals surface area contributed by atoms with Crippen LogP contribution in [-0.4, -0.2) is 44.4 Å². The number of ether oxygens (including phenoxy) is 1. The van der Waals surface area contributed by atoms with Crippen molar-refractivity contribution in [1.29, 1.82) is 0 Å². The summed E-state index contributed by atoms with van der Waals surface area (Å²) in [6.45, 7) is 5.37. The number of nitrogens with zero attached hydrogens (tertiary/aromatic N) is 6. The summed E-state index contributed by atoms with van der Waals surface area (Å²) in [5, 5.41) is 21.7. The van der Waals surface area contributed by atoms with E-state index in [1.54, 1.807) is 4.90 Å². The lowest BCUT2D eigenvalue weighted by atomic mass is 9.85. The Hall–Kier alpha value is -3.88. The molecule has 0 saturated carbocycles. The fourth-order valence-corrected chi connectivity index (χ4v) is 6.04. The van der Waals surface area contributed by atoms with Crippen molar-refractivity contribution in [2.45, 2.75) is 77.7 Å². The van der Waals surface area contributed by atoms with Gasteiger partial charge in [0.25, 0.3) is 5.95 Å². The number of carbonyl (C=O) groups is 1. The predicted octanol–water partition coefficient (Wildman–Crippen LogP) is 6.52. The molecule has 1 atom stereocenters. The third-order valence-corrected chi connectivity index (χ3v) is 8.29. The molecule has 0 amide bonds. The molecule has 3 heterocycles. The maximum Gasteiger partial charge on any atom is 0.416 e. The van der Waals surface area contributed by atoms with Gasteiger partial charge in [-0.2, -0.15) is 31.1 Å². The highest BCUT2D eigenvalue weighted by Gasteiger charge is 2.38. The Labute approximate surface area is 255 Å². The second-order valence-corrected chi connectivity index (χ2v) is 12.4. The lowest BCUT2D eigenvalue weighted by molar-refractivity contribution is -0.143. The summed E-state index contributed by atoms with van der Waals surface area (Å²) in [5.41, 5.74) is 0.111. The largest absolute Gasteiger partial charge is 0.481 e. The van der Waals surface area contributed by atoms with Gasteiger partial charge < -0.3 is 19.6 Å². The second-order valence-electron chi connectivity index (χ2n) is 12.4. The molecule has 5 rings (SSSR count). The number of anilines is 2. The first-order valence-corrected chi connectivity index (χ1v) is 14.5. The summed E-state index contributed by atoms with van der Waals surface area (Å²) in [6, 6.07) is 5.04. The van der Waals surface area contributed by atoms with Gasteiger partial charge in [-0.05, 0) is 82.5 Å². The molecule has 244 valence electrons. The zero-order valence-electron chi connectivity index (χ0n) is 25.0. The van der Waals surface area contributed by atoms with E-state index in [2.05, 4.69) is 20.3 Å². The summed E-state index contributed by atoms with van der Waals surface area (Å²) in [4.78, 5) is 16.4. The van der Waals surface area contributed by atoms with Gasteiger partial charge in [0.1, 0.15) is 0 Å². The van der Waals surface area contributed by atoms with Gasteiger partial charge in [0, 0.05) is 25.3 Å². The fraction of sp³-hybridized carbons (Fsp3) is 0.533. The molecule has 0 bridgehead atoms. The molecule has 15 heteroatoms. The number of carboxylic acids is 1. The van der Waals surface area contributed by atoms with Crippen LogP contribution in [0.15, 0.2) is 30.3 Å². The molecular weight excluding hydrogens is 606 g/mol. The van der Waals surface area contributed by atoms with Crippen LogP contribution in [-0.2, 0) is 48.7 Å². The number of rotatable bonds is 9. The molecule has 0 fully saturated rings. The summed E-state index contributed by atoms with van der Waals surface area (Å²) < 4.78 is 88.1. The molecule has 0 radical (unpaired) electrons. The van der Waals surface area contributed by atoms with Crippen molar-refractivity contribution < 1.29 is 41.0 Å². The number of hydrogen-bond acceptors (Lipinski definition) is 7. The van der Waals surface area contributed by atoms with Crippen LogP contribution in [0.25, 0.3) is 0 Å². The van der Waals surface area contributed by atoms with Crippen LogP contribution in [0.3, 0.4) is 0 Å². The molecular formula is C30H34F6N6O3. The van der Waals surface area contributed by atoms with Gasteiger partial charge in [-0.15, -0.1) is 5.10 Å². The Morgan fingerprint density at radius 2 is 1.67 bits per heavy atom. The van der Waals surface area contributed by atoms with E-state index in [4.69, 9.17) is 4.74 Å². The third-order valence-electron chi connectivity index (χ3n) is 8.29. The monoisotopic (exact) mass is 640 g/mol. The average molecular weight is 641 g/mol. The summed E-state index contributed by atoms with van der Waals surface area (Å²) in [5.74, 6) is -0.825. The number of fused-ring (bicyclic) bond motifs is 2. The van der Waals surface area contributed by atoms with E-state index >= 15 is 0 Å². The minimum absolute atomic E-state index is 0.00260. The number of tetrazole rings is 1. The lowest BCUT2D eigenvalue weighted by Gasteiger charge is -2.34. The number of aliphatic carboxylic acids is 1. The van der Waals surface area contributed by atoms with Crippen molar-refractivity contribution in [3.05, 3.63) is 63.7 Å². The quantitative estimate of drug-likeness (QED) is 0.264. The number of aromatic nitrogens is 4. The van der Waals surface area contributed by atoms with Gasteiger partial charge in [0.05, 0.1) is 43.9 Å². The molecule has 0 aliphatic carbocycles. The number of aryl methyl sites for hydroxylation is 1. The molecule has 45 heavy (non-hydrogen) atoms. The van der Waals surface area contributed by atoms with E-state index in [1.807, 2.05) is 26.0 Å². The van der Waals surface area contributed by atoms with E-state index in [0.29, 0.717) is 45.6 Å². The molecule has 0 saturated heterocycles. The highest BCUT2D eigenvalue weighted by atomic mass is 19.4. The zero-order chi connectivity index (χ0) is 32.7. The van der Waals surface area contributed by atoms with Crippen molar-refractivity contribution in [2.75, 3.05) is 22.9 Å². The second kappa shape index (κ2) is 12.1. The maximum atomic E-state index is 13.7. The van der Waals surface area contributed by atoms with E-state index < -0.39 is 40.9 Å². The molecule has 9 nitrogen and oxygen atoms in total. The van der Waals surface area contributed by atoms with Crippen molar-refractivity contribution in [3.8, 4) is 0 Å². The molecule has 1 aromatic heterocycles. The van der Waals surface area contributed by atoms with Gasteiger partial charge in [-0.25, -0.2) is 0 Å². The zero-order valence-corrected chi connectivity index (χ0v) is 25.0. The van der Waals surface area contributed by atoms with Gasteiger partial charge >= 0.3 is 18.3 Å².